The SMILES string of the molecule is CC1(C)C[C@H]([C@]2(CCc3ccc(C#N)cc3)CCN(Cc3nnc(Cl)s3)C2)O1. The molecule has 5 nitrogen and oxygen atoms in total. The van der Waals surface area contributed by atoms with Crippen molar-refractivity contribution in [3.05, 3.63) is 44.9 Å². The van der Waals surface area contributed by atoms with Gasteiger partial charge in [0.25, 0.3) is 0 Å². The first kappa shape index (κ1) is 19.8. The van der Waals surface area contributed by atoms with Crippen LogP contribution in [-0.2, 0) is 17.7 Å². The number of nitrogens with zero attached hydrogens (tertiary/aromatic N) is 4. The van der Waals surface area contributed by atoms with Gasteiger partial charge in [0.1, 0.15) is 5.01 Å². The number of aryl methyl sites for hydroxylation is 1. The van der Waals surface area contributed by atoms with Crippen molar-refractivity contribution in [2.24, 2.45) is 5.41 Å². The maximum absolute atomic E-state index is 9.00. The van der Waals surface area contributed by atoms with Gasteiger partial charge < -0.3 is 4.74 Å². The summed E-state index contributed by atoms with van der Waals surface area (Å²) >= 11 is 7.40. The maximum atomic E-state index is 9.00. The molecule has 2 atom stereocenters. The van der Waals surface area contributed by atoms with Crippen LogP contribution in [0.2, 0.25) is 4.47 Å². The topological polar surface area (TPSA) is 62.0 Å². The Kier molecular flexibility index (Phi) is 5.45. The smallest absolute Gasteiger partial charge is 0.207 e. The lowest BCUT2D eigenvalue weighted by Crippen LogP contribution is -2.55. The number of aromatic nitrogens is 2. The van der Waals surface area contributed by atoms with Crippen molar-refractivity contribution in [1.29, 1.82) is 5.26 Å². The predicted octanol–water partition coefficient (Wildman–Crippen LogP) is 4.46. The minimum absolute atomic E-state index is 0.00766. The summed E-state index contributed by atoms with van der Waals surface area (Å²) in [5, 5.41) is 18.1. The maximum Gasteiger partial charge on any atom is 0.207 e. The van der Waals surface area contributed by atoms with E-state index in [4.69, 9.17) is 21.6 Å². The van der Waals surface area contributed by atoms with Crippen molar-refractivity contribution in [3.63, 3.8) is 0 Å². The zero-order chi connectivity index (χ0) is 19.8. The van der Waals surface area contributed by atoms with Crippen LogP contribution < -0.4 is 0 Å². The zero-order valence-electron chi connectivity index (χ0n) is 16.3. The predicted molar refractivity (Wildman–Crippen MR) is 110 cm³/mol. The largest absolute Gasteiger partial charge is 0.372 e. The Labute approximate surface area is 175 Å². The van der Waals surface area contributed by atoms with Crippen LogP contribution in [0.5, 0.6) is 0 Å². The molecular weight excluding hydrogens is 392 g/mol. The molecule has 148 valence electrons. The van der Waals surface area contributed by atoms with E-state index in [1.54, 1.807) is 0 Å². The van der Waals surface area contributed by atoms with Gasteiger partial charge in [0, 0.05) is 18.4 Å². The Hall–Kier alpha value is -1.52. The third-order valence-electron chi connectivity index (χ3n) is 6.08. The molecule has 0 radical (unpaired) electrons. The van der Waals surface area contributed by atoms with E-state index >= 15 is 0 Å². The Bertz CT molecular complexity index is 867. The number of hydrogen-bond acceptors (Lipinski definition) is 6. The molecule has 0 saturated carbocycles. The molecule has 0 spiro atoms. The second kappa shape index (κ2) is 7.72. The van der Waals surface area contributed by atoms with Gasteiger partial charge in [-0.05, 0) is 69.0 Å². The molecule has 1 aromatic carbocycles. The minimum atomic E-state index is -0.00766. The van der Waals surface area contributed by atoms with Crippen LogP contribution in [0.4, 0.5) is 0 Å². The molecule has 7 heteroatoms. The molecule has 28 heavy (non-hydrogen) atoms. The van der Waals surface area contributed by atoms with E-state index in [1.807, 2.05) is 12.1 Å². The van der Waals surface area contributed by atoms with E-state index in [1.165, 1.54) is 16.9 Å². The Balaban J connectivity index is 1.45. The van der Waals surface area contributed by atoms with Gasteiger partial charge in [-0.15, -0.1) is 10.2 Å². The number of halogens is 1. The molecule has 0 N–H and O–H groups in total. The molecule has 2 aliphatic rings. The van der Waals surface area contributed by atoms with Crippen molar-refractivity contribution in [2.45, 2.75) is 57.8 Å². The van der Waals surface area contributed by atoms with E-state index < -0.39 is 0 Å². The van der Waals surface area contributed by atoms with Crippen LogP contribution in [0, 0.1) is 16.7 Å². The number of likely N-dealkylation sites (tertiary alicyclic amines) is 1. The number of ether oxygens (including phenoxy) is 1. The first-order valence-electron chi connectivity index (χ1n) is 9.75. The van der Waals surface area contributed by atoms with Crippen molar-refractivity contribution in [1.82, 2.24) is 15.1 Å². The molecule has 2 saturated heterocycles. The summed E-state index contributed by atoms with van der Waals surface area (Å²) in [5.41, 5.74) is 2.15. The average molecular weight is 417 g/mol. The van der Waals surface area contributed by atoms with E-state index in [-0.39, 0.29) is 11.0 Å². The van der Waals surface area contributed by atoms with Crippen LogP contribution in [0.25, 0.3) is 0 Å². The summed E-state index contributed by atoms with van der Waals surface area (Å²) in [6.45, 7) is 7.22. The van der Waals surface area contributed by atoms with Crippen LogP contribution >= 0.6 is 22.9 Å². The summed E-state index contributed by atoms with van der Waals surface area (Å²) in [7, 11) is 0. The Morgan fingerprint density at radius 1 is 1.32 bits per heavy atom. The van der Waals surface area contributed by atoms with Crippen LogP contribution in [-0.4, -0.2) is 39.9 Å². The second-order valence-corrected chi connectivity index (χ2v) is 10.3. The molecule has 2 aliphatic heterocycles. The van der Waals surface area contributed by atoms with E-state index in [2.05, 4.69) is 47.1 Å². The highest BCUT2D eigenvalue weighted by Gasteiger charge is 2.52. The summed E-state index contributed by atoms with van der Waals surface area (Å²) in [6, 6.07) is 10.2. The fourth-order valence-corrected chi connectivity index (χ4v) is 5.45. The van der Waals surface area contributed by atoms with Crippen molar-refractivity contribution in [3.8, 4) is 6.07 Å². The summed E-state index contributed by atoms with van der Waals surface area (Å²) < 4.78 is 6.83. The lowest BCUT2D eigenvalue weighted by molar-refractivity contribution is -0.230. The van der Waals surface area contributed by atoms with Crippen LogP contribution in [0.1, 0.15) is 49.2 Å². The molecule has 0 aliphatic carbocycles. The van der Waals surface area contributed by atoms with Gasteiger partial charge in [-0.25, -0.2) is 0 Å². The lowest BCUT2D eigenvalue weighted by atomic mass is 9.70. The van der Waals surface area contributed by atoms with E-state index in [0.717, 1.165) is 50.3 Å². The first-order chi connectivity index (χ1) is 13.4. The number of hydrogen-bond donors (Lipinski definition) is 0. The van der Waals surface area contributed by atoms with Crippen LogP contribution in [0.15, 0.2) is 24.3 Å². The van der Waals surface area contributed by atoms with Crippen molar-refractivity contribution >= 4 is 22.9 Å². The minimum Gasteiger partial charge on any atom is -0.372 e. The quantitative estimate of drug-likeness (QED) is 0.695. The van der Waals surface area contributed by atoms with Gasteiger partial charge in [-0.1, -0.05) is 23.5 Å². The lowest BCUT2D eigenvalue weighted by Gasteiger charge is -2.52. The third-order valence-corrected chi connectivity index (χ3v) is 7.08. The summed E-state index contributed by atoms with van der Waals surface area (Å²) in [6.07, 6.45) is 4.65. The van der Waals surface area contributed by atoms with Crippen molar-refractivity contribution in [2.75, 3.05) is 13.1 Å². The number of nitriles is 1. The standard InChI is InChI=1S/C21H25ClN4OS/c1-20(2)11-17(27-20)21(8-7-15-3-5-16(12-23)6-4-15)9-10-26(14-21)13-18-24-25-19(22)28-18/h3-6,17H,7-11,13-14H2,1-2H3/t17-,21-/m1/s1. The van der Waals surface area contributed by atoms with E-state index in [9.17, 15) is 0 Å². The van der Waals surface area contributed by atoms with Gasteiger partial charge in [0.05, 0.1) is 29.9 Å². The molecule has 0 amide bonds. The second-order valence-electron chi connectivity index (χ2n) is 8.65. The van der Waals surface area contributed by atoms with Gasteiger partial charge in [-0.3, -0.25) is 4.90 Å². The molecule has 0 bridgehead atoms. The molecule has 4 rings (SSSR count). The fourth-order valence-electron chi connectivity index (χ4n) is 4.54. The van der Waals surface area contributed by atoms with Gasteiger partial charge in [0.15, 0.2) is 0 Å². The van der Waals surface area contributed by atoms with Gasteiger partial charge in [0.2, 0.25) is 4.47 Å². The highest BCUT2D eigenvalue weighted by atomic mass is 35.5. The average Bonchev–Trinajstić information content (AvgIpc) is 3.25. The molecule has 0 unspecified atom stereocenters. The molecular formula is C21H25ClN4OS. The first-order valence-corrected chi connectivity index (χ1v) is 10.9. The fraction of sp³-hybridized carbons (Fsp3) is 0.571. The summed E-state index contributed by atoms with van der Waals surface area (Å²) in [5.74, 6) is 0. The third kappa shape index (κ3) is 4.23. The normalized spacial score (nSPS) is 26.7. The van der Waals surface area contributed by atoms with E-state index in [0.29, 0.717) is 16.1 Å². The zero-order valence-corrected chi connectivity index (χ0v) is 17.9. The molecule has 2 aromatic rings. The highest BCUT2D eigenvalue weighted by Crippen LogP contribution is 2.49. The number of rotatable bonds is 6. The van der Waals surface area contributed by atoms with Gasteiger partial charge >= 0.3 is 0 Å². The Morgan fingerprint density at radius 3 is 2.68 bits per heavy atom. The monoisotopic (exact) mass is 416 g/mol. The van der Waals surface area contributed by atoms with Gasteiger partial charge in [-0.2, -0.15) is 5.26 Å². The Morgan fingerprint density at radius 2 is 2.07 bits per heavy atom. The molecule has 3 heterocycles. The van der Waals surface area contributed by atoms with Crippen LogP contribution in [0.3, 0.4) is 0 Å². The highest BCUT2D eigenvalue weighted by molar-refractivity contribution is 7.15. The number of benzene rings is 1. The summed E-state index contributed by atoms with van der Waals surface area (Å²) in [4.78, 5) is 2.46. The van der Waals surface area contributed by atoms with Crippen molar-refractivity contribution < 1.29 is 4.74 Å². The molecule has 2 fully saturated rings. The molecule has 1 aromatic heterocycles.